The molecule has 1 N–H and O–H groups in total. The van der Waals surface area contributed by atoms with E-state index in [9.17, 15) is 14.4 Å². The molecule has 0 aromatic heterocycles. The molecule has 1 fully saturated rings. The van der Waals surface area contributed by atoms with Crippen molar-refractivity contribution in [2.45, 2.75) is 6.61 Å². The van der Waals surface area contributed by atoms with Gasteiger partial charge in [-0.3, -0.25) is 14.9 Å². The summed E-state index contributed by atoms with van der Waals surface area (Å²) in [5.41, 5.74) is 0.982. The van der Waals surface area contributed by atoms with Gasteiger partial charge < -0.3 is 4.74 Å². The van der Waals surface area contributed by atoms with Gasteiger partial charge in [-0.15, -0.1) is 0 Å². The number of amides is 4. The predicted molar refractivity (Wildman–Crippen MR) is 138 cm³/mol. The highest BCUT2D eigenvalue weighted by atomic mass is 35.5. The van der Waals surface area contributed by atoms with Crippen molar-refractivity contribution in [2.75, 3.05) is 4.90 Å². The van der Waals surface area contributed by atoms with E-state index in [4.69, 9.17) is 62.7 Å². The monoisotopic (exact) mass is 568 g/mol. The molecule has 1 heterocycles. The zero-order chi connectivity index (χ0) is 25.3. The number of hydrogen-bond donors (Lipinski definition) is 1. The number of nitrogens with zero attached hydrogens (tertiary/aromatic N) is 1. The molecule has 35 heavy (non-hydrogen) atoms. The Hall–Kier alpha value is -2.74. The highest BCUT2D eigenvalue weighted by Gasteiger charge is 2.36. The van der Waals surface area contributed by atoms with E-state index in [1.807, 2.05) is 0 Å². The Bertz CT molecular complexity index is 1370. The van der Waals surface area contributed by atoms with Gasteiger partial charge in [0.05, 0.1) is 15.7 Å². The van der Waals surface area contributed by atoms with Crippen molar-refractivity contribution in [3.8, 4) is 5.75 Å². The fourth-order valence-electron chi connectivity index (χ4n) is 3.24. The molecule has 0 atom stereocenters. The molecule has 11 heteroatoms. The summed E-state index contributed by atoms with van der Waals surface area (Å²) in [6.45, 7) is 0.0783. The number of carbonyl (C=O) groups is 3. The largest absolute Gasteiger partial charge is 0.486 e. The predicted octanol–water partition coefficient (Wildman–Crippen LogP) is 7.20. The normalized spacial score (nSPS) is 14.9. The summed E-state index contributed by atoms with van der Waals surface area (Å²) in [7, 11) is 0. The van der Waals surface area contributed by atoms with Crippen LogP contribution in [0.4, 0.5) is 10.5 Å². The Labute approximate surface area is 224 Å². The number of nitrogens with one attached hydrogen (secondary N) is 1. The van der Waals surface area contributed by atoms with Gasteiger partial charge in [0.1, 0.15) is 12.2 Å². The zero-order valence-electron chi connectivity index (χ0n) is 17.5. The van der Waals surface area contributed by atoms with E-state index in [1.165, 1.54) is 42.5 Å². The Morgan fingerprint density at radius 3 is 2.06 bits per heavy atom. The molecule has 1 aliphatic heterocycles. The Kier molecular flexibility index (Phi) is 7.59. The van der Waals surface area contributed by atoms with Gasteiger partial charge in [-0.05, 0) is 60.2 Å². The fourth-order valence-corrected chi connectivity index (χ4v) is 4.44. The Morgan fingerprint density at radius 1 is 0.800 bits per heavy atom. The molecule has 0 bridgehead atoms. The van der Waals surface area contributed by atoms with Crippen LogP contribution in [0.5, 0.6) is 5.75 Å². The van der Waals surface area contributed by atoms with Crippen molar-refractivity contribution in [3.05, 3.63) is 96.4 Å². The number of urea groups is 1. The number of ether oxygens (including phenoxy) is 1. The summed E-state index contributed by atoms with van der Waals surface area (Å²) in [5.74, 6) is -1.47. The number of carbonyl (C=O) groups excluding carboxylic acids is 3. The van der Waals surface area contributed by atoms with Gasteiger partial charge in [0.25, 0.3) is 11.8 Å². The number of hydrogen-bond acceptors (Lipinski definition) is 4. The summed E-state index contributed by atoms with van der Waals surface area (Å²) in [6.07, 6.45) is 1.28. The van der Waals surface area contributed by atoms with Crippen molar-refractivity contribution in [2.24, 2.45) is 0 Å². The summed E-state index contributed by atoms with van der Waals surface area (Å²) < 4.78 is 5.74. The van der Waals surface area contributed by atoms with Crippen LogP contribution in [0.15, 0.2) is 60.2 Å². The maximum absolute atomic E-state index is 13.0. The molecule has 3 aromatic carbocycles. The Balaban J connectivity index is 1.60. The minimum Gasteiger partial charge on any atom is -0.486 e. The van der Waals surface area contributed by atoms with Gasteiger partial charge in [-0.25, -0.2) is 9.69 Å². The first kappa shape index (κ1) is 25.4. The first-order chi connectivity index (χ1) is 16.6. The smallest absolute Gasteiger partial charge is 0.335 e. The lowest BCUT2D eigenvalue weighted by molar-refractivity contribution is -0.122. The molecule has 6 nitrogen and oxygen atoms in total. The maximum atomic E-state index is 13.0. The minimum absolute atomic E-state index is 0.0783. The molecule has 0 saturated carbocycles. The van der Waals surface area contributed by atoms with Crippen LogP contribution in [-0.2, 0) is 16.2 Å². The molecular weight excluding hydrogens is 558 g/mol. The SMILES string of the molecule is O=C1NC(=O)N(c2ccc(Cl)cc2)C(=O)/C1=C/c1cc(Cl)c(OCc2ccc(Cl)cc2Cl)c(Cl)c1. The first-order valence-corrected chi connectivity index (χ1v) is 11.8. The van der Waals surface area contributed by atoms with Gasteiger partial charge in [0.15, 0.2) is 5.75 Å². The second kappa shape index (κ2) is 10.5. The maximum Gasteiger partial charge on any atom is 0.335 e. The minimum atomic E-state index is -0.875. The molecule has 0 radical (unpaired) electrons. The number of rotatable bonds is 5. The molecule has 1 aliphatic rings. The highest BCUT2D eigenvalue weighted by Crippen LogP contribution is 2.36. The fraction of sp³-hybridized carbons (Fsp3) is 0.0417. The first-order valence-electron chi connectivity index (χ1n) is 9.87. The third-order valence-corrected chi connectivity index (χ3v) is 6.31. The lowest BCUT2D eigenvalue weighted by atomic mass is 10.1. The van der Waals surface area contributed by atoms with Crippen molar-refractivity contribution in [3.63, 3.8) is 0 Å². The molecule has 1 saturated heterocycles. The molecule has 0 unspecified atom stereocenters. The Morgan fingerprint density at radius 2 is 1.43 bits per heavy atom. The third-order valence-electron chi connectivity index (χ3n) is 4.91. The van der Waals surface area contributed by atoms with Crippen LogP contribution >= 0.6 is 58.0 Å². The van der Waals surface area contributed by atoms with Crippen LogP contribution in [0.2, 0.25) is 25.1 Å². The van der Waals surface area contributed by atoms with Gasteiger partial charge in [0, 0.05) is 20.6 Å². The van der Waals surface area contributed by atoms with Crippen molar-refractivity contribution in [1.82, 2.24) is 5.32 Å². The van der Waals surface area contributed by atoms with E-state index in [2.05, 4.69) is 5.32 Å². The summed E-state index contributed by atoms with van der Waals surface area (Å²) >= 11 is 30.7. The van der Waals surface area contributed by atoms with Crippen LogP contribution < -0.4 is 15.0 Å². The summed E-state index contributed by atoms with van der Waals surface area (Å²) in [5, 5.41) is 3.77. The molecule has 0 aliphatic carbocycles. The van der Waals surface area contributed by atoms with Crippen molar-refractivity contribution < 1.29 is 19.1 Å². The lowest BCUT2D eigenvalue weighted by Crippen LogP contribution is -2.54. The van der Waals surface area contributed by atoms with Crippen LogP contribution in [0, 0.1) is 0 Å². The topological polar surface area (TPSA) is 75.7 Å². The van der Waals surface area contributed by atoms with E-state index in [1.54, 1.807) is 18.2 Å². The number of barbiturate groups is 1. The molecule has 4 rings (SSSR count). The number of benzene rings is 3. The van der Waals surface area contributed by atoms with Crippen LogP contribution in [0.1, 0.15) is 11.1 Å². The lowest BCUT2D eigenvalue weighted by Gasteiger charge is -2.26. The van der Waals surface area contributed by atoms with Gasteiger partial charge in [-0.1, -0.05) is 64.1 Å². The molecule has 0 spiro atoms. The molecular formula is C24H13Cl5N2O4. The average Bonchev–Trinajstić information content (AvgIpc) is 2.78. The van der Waals surface area contributed by atoms with E-state index < -0.39 is 17.8 Å². The van der Waals surface area contributed by atoms with E-state index in [0.717, 1.165) is 4.90 Å². The zero-order valence-corrected chi connectivity index (χ0v) is 21.2. The number of imide groups is 2. The molecule has 178 valence electrons. The third kappa shape index (κ3) is 5.58. The van der Waals surface area contributed by atoms with Crippen LogP contribution in [-0.4, -0.2) is 17.8 Å². The summed E-state index contributed by atoms with van der Waals surface area (Å²) in [6, 6.07) is 13.1. The number of anilines is 1. The van der Waals surface area contributed by atoms with Crippen LogP contribution in [0.3, 0.4) is 0 Å². The highest BCUT2D eigenvalue weighted by molar-refractivity contribution is 6.40. The van der Waals surface area contributed by atoms with E-state index >= 15 is 0 Å². The van der Waals surface area contributed by atoms with Gasteiger partial charge in [0.2, 0.25) is 0 Å². The number of halogens is 5. The second-order valence-electron chi connectivity index (χ2n) is 7.27. The van der Waals surface area contributed by atoms with Crippen LogP contribution in [0.25, 0.3) is 6.08 Å². The summed E-state index contributed by atoms with van der Waals surface area (Å²) in [4.78, 5) is 38.6. The van der Waals surface area contributed by atoms with E-state index in [-0.39, 0.29) is 33.7 Å². The van der Waals surface area contributed by atoms with Crippen molar-refractivity contribution >= 4 is 87.6 Å². The van der Waals surface area contributed by atoms with Crippen molar-refractivity contribution in [1.29, 1.82) is 0 Å². The van der Waals surface area contributed by atoms with Gasteiger partial charge in [-0.2, -0.15) is 0 Å². The second-order valence-corrected chi connectivity index (χ2v) is 9.37. The van der Waals surface area contributed by atoms with Gasteiger partial charge >= 0.3 is 6.03 Å². The average molecular weight is 571 g/mol. The molecule has 3 aromatic rings. The standard InChI is InChI=1S/C24H13Cl5N2O4/c25-14-3-5-16(6-4-14)31-23(33)17(22(32)30-24(31)34)7-12-8-19(28)21(20(29)9-12)35-11-13-1-2-15(26)10-18(13)27/h1-10H,11H2,(H,30,32,34)/b17-7+. The quantitative estimate of drug-likeness (QED) is 0.260. The van der Waals surface area contributed by atoms with E-state index in [0.29, 0.717) is 26.2 Å². The molecule has 4 amide bonds.